The van der Waals surface area contributed by atoms with Gasteiger partial charge in [0.25, 0.3) is 10.0 Å². The number of para-hydroxylation sites is 1. The molecular weight excluding hydrogens is 570 g/mol. The van der Waals surface area contributed by atoms with Crippen LogP contribution in [0.1, 0.15) is 42.5 Å². The molecule has 0 aromatic heterocycles. The maximum Gasteiger partial charge on any atom is 0.264 e. The number of hydrogen-bond donors (Lipinski definition) is 1. The Hall–Kier alpha value is -4.43. The molecule has 4 aromatic rings. The van der Waals surface area contributed by atoms with E-state index >= 15 is 0 Å². The van der Waals surface area contributed by atoms with Crippen molar-refractivity contribution in [2.24, 2.45) is 0 Å². The molecule has 4 aromatic carbocycles. The molecule has 0 aliphatic rings. The van der Waals surface area contributed by atoms with E-state index in [4.69, 9.17) is 0 Å². The first-order chi connectivity index (χ1) is 21.1. The third-order valence-electron chi connectivity index (χ3n) is 7.64. The fourth-order valence-corrected chi connectivity index (χ4v) is 6.38. The van der Waals surface area contributed by atoms with Crippen molar-refractivity contribution in [1.82, 2.24) is 10.2 Å². The van der Waals surface area contributed by atoms with Crippen LogP contribution >= 0.6 is 0 Å². The van der Waals surface area contributed by atoms with E-state index in [1.807, 2.05) is 82.3 Å². The average molecular weight is 612 g/mol. The minimum atomic E-state index is -4.12. The fourth-order valence-electron chi connectivity index (χ4n) is 4.96. The number of carbonyl (C=O) groups is 2. The molecule has 0 spiro atoms. The van der Waals surface area contributed by atoms with Gasteiger partial charge in [-0.05, 0) is 62.6 Å². The summed E-state index contributed by atoms with van der Waals surface area (Å²) < 4.78 is 29.3. The second-order valence-electron chi connectivity index (χ2n) is 11.2. The van der Waals surface area contributed by atoms with E-state index in [0.29, 0.717) is 5.69 Å². The molecule has 2 amide bonds. The van der Waals surface area contributed by atoms with E-state index in [2.05, 4.69) is 5.32 Å². The number of carbonyl (C=O) groups excluding carboxylic acids is 2. The molecule has 0 fully saturated rings. The van der Waals surface area contributed by atoms with E-state index in [0.717, 1.165) is 33.0 Å². The zero-order valence-electron chi connectivity index (χ0n) is 25.8. The van der Waals surface area contributed by atoms with Gasteiger partial charge < -0.3 is 10.2 Å². The molecule has 0 aliphatic carbocycles. The molecule has 230 valence electrons. The van der Waals surface area contributed by atoms with E-state index in [1.54, 1.807) is 54.6 Å². The second-order valence-corrected chi connectivity index (χ2v) is 13.1. The van der Waals surface area contributed by atoms with Gasteiger partial charge in [0, 0.05) is 19.0 Å². The Morgan fingerprint density at radius 1 is 0.773 bits per heavy atom. The van der Waals surface area contributed by atoms with Crippen LogP contribution in [0.2, 0.25) is 0 Å². The van der Waals surface area contributed by atoms with Crippen LogP contribution in [-0.2, 0) is 32.6 Å². The minimum Gasteiger partial charge on any atom is -0.352 e. The van der Waals surface area contributed by atoms with Gasteiger partial charge in [0.15, 0.2) is 0 Å². The van der Waals surface area contributed by atoms with Gasteiger partial charge in [-0.3, -0.25) is 13.9 Å². The lowest BCUT2D eigenvalue weighted by molar-refractivity contribution is -0.140. The zero-order chi connectivity index (χ0) is 31.7. The Kier molecular flexibility index (Phi) is 11.0. The molecule has 7 nitrogen and oxygen atoms in total. The molecule has 4 rings (SSSR count). The zero-order valence-corrected chi connectivity index (χ0v) is 26.6. The van der Waals surface area contributed by atoms with Crippen LogP contribution in [0.15, 0.2) is 114 Å². The molecule has 2 atom stereocenters. The Bertz CT molecular complexity index is 1640. The molecule has 0 unspecified atom stereocenters. The largest absolute Gasteiger partial charge is 0.352 e. The van der Waals surface area contributed by atoms with E-state index in [1.165, 1.54) is 4.90 Å². The fraction of sp³-hybridized carbons (Fsp3) is 0.278. The van der Waals surface area contributed by atoms with Crippen LogP contribution in [-0.4, -0.2) is 43.8 Å². The van der Waals surface area contributed by atoms with Crippen molar-refractivity contribution in [2.45, 2.75) is 64.1 Å². The van der Waals surface area contributed by atoms with Gasteiger partial charge in [-0.25, -0.2) is 8.42 Å². The van der Waals surface area contributed by atoms with Crippen LogP contribution in [0.4, 0.5) is 5.69 Å². The molecule has 0 radical (unpaired) electrons. The lowest BCUT2D eigenvalue weighted by Gasteiger charge is -2.34. The SMILES string of the molecule is CC[C@@H](C)NC(=O)[C@H](Cc1ccccc1)N(Cc1cccc(C)c1)C(=O)CN(c1ccccc1)S(=O)(=O)c1ccc(C)cc1. The molecule has 0 bridgehead atoms. The summed E-state index contributed by atoms with van der Waals surface area (Å²) in [6.45, 7) is 7.43. The molecule has 0 saturated carbocycles. The van der Waals surface area contributed by atoms with Crippen LogP contribution in [0, 0.1) is 13.8 Å². The van der Waals surface area contributed by atoms with Gasteiger partial charge in [0.1, 0.15) is 12.6 Å². The summed E-state index contributed by atoms with van der Waals surface area (Å²) in [5.41, 5.74) is 4.05. The number of aryl methyl sites for hydroxylation is 2. The molecular formula is C36H41N3O4S. The van der Waals surface area contributed by atoms with Gasteiger partial charge in [-0.1, -0.05) is 103 Å². The Morgan fingerprint density at radius 3 is 2.00 bits per heavy atom. The average Bonchev–Trinajstić information content (AvgIpc) is 3.02. The van der Waals surface area contributed by atoms with Crippen molar-refractivity contribution < 1.29 is 18.0 Å². The maximum absolute atomic E-state index is 14.5. The number of amides is 2. The Balaban J connectivity index is 1.79. The van der Waals surface area contributed by atoms with Crippen molar-refractivity contribution in [2.75, 3.05) is 10.8 Å². The highest BCUT2D eigenvalue weighted by atomic mass is 32.2. The first-order valence-electron chi connectivity index (χ1n) is 14.9. The van der Waals surface area contributed by atoms with Gasteiger partial charge in [0.05, 0.1) is 10.6 Å². The second kappa shape index (κ2) is 14.8. The number of anilines is 1. The molecule has 8 heteroatoms. The highest BCUT2D eigenvalue weighted by Crippen LogP contribution is 2.25. The highest BCUT2D eigenvalue weighted by Gasteiger charge is 2.35. The third-order valence-corrected chi connectivity index (χ3v) is 9.43. The number of sulfonamides is 1. The van der Waals surface area contributed by atoms with Gasteiger partial charge in [-0.2, -0.15) is 0 Å². The summed E-state index contributed by atoms with van der Waals surface area (Å²) in [7, 11) is -4.12. The summed E-state index contributed by atoms with van der Waals surface area (Å²) >= 11 is 0. The summed E-state index contributed by atoms with van der Waals surface area (Å²) in [6, 6.07) is 31.5. The molecule has 0 aliphatic heterocycles. The smallest absolute Gasteiger partial charge is 0.264 e. The van der Waals surface area contributed by atoms with Crippen molar-refractivity contribution >= 4 is 27.5 Å². The first-order valence-corrected chi connectivity index (χ1v) is 16.4. The third kappa shape index (κ3) is 8.35. The van der Waals surface area contributed by atoms with Crippen molar-refractivity contribution in [3.05, 3.63) is 131 Å². The topological polar surface area (TPSA) is 86.8 Å². The summed E-state index contributed by atoms with van der Waals surface area (Å²) in [5, 5.41) is 3.06. The van der Waals surface area contributed by atoms with Crippen molar-refractivity contribution in [3.63, 3.8) is 0 Å². The molecule has 0 heterocycles. The van der Waals surface area contributed by atoms with Gasteiger partial charge in [0.2, 0.25) is 11.8 Å². The van der Waals surface area contributed by atoms with E-state index < -0.39 is 28.5 Å². The number of nitrogens with zero attached hydrogens (tertiary/aromatic N) is 2. The summed E-state index contributed by atoms with van der Waals surface area (Å²) in [6.07, 6.45) is 1.00. The van der Waals surface area contributed by atoms with Crippen LogP contribution < -0.4 is 9.62 Å². The van der Waals surface area contributed by atoms with Gasteiger partial charge in [-0.15, -0.1) is 0 Å². The molecule has 0 saturated heterocycles. The van der Waals surface area contributed by atoms with Crippen LogP contribution in [0.5, 0.6) is 0 Å². The predicted molar refractivity (Wildman–Crippen MR) is 176 cm³/mol. The van der Waals surface area contributed by atoms with Crippen LogP contribution in [0.3, 0.4) is 0 Å². The quantitative estimate of drug-likeness (QED) is 0.199. The van der Waals surface area contributed by atoms with Crippen molar-refractivity contribution in [1.29, 1.82) is 0 Å². The lowest BCUT2D eigenvalue weighted by atomic mass is 10.0. The first kappa shape index (κ1) is 32.5. The number of benzene rings is 4. The highest BCUT2D eigenvalue weighted by molar-refractivity contribution is 7.92. The summed E-state index contributed by atoms with van der Waals surface area (Å²) in [5.74, 6) is -0.761. The summed E-state index contributed by atoms with van der Waals surface area (Å²) in [4.78, 5) is 30.0. The standard InChI is InChI=1S/C36H41N3O4S/c1-5-29(4)37-36(41)34(24-30-14-8-6-9-15-30)38(25-31-16-12-13-28(3)23-31)35(40)26-39(32-17-10-7-11-18-32)44(42,43)33-21-19-27(2)20-22-33/h6-23,29,34H,5,24-26H2,1-4H3,(H,37,41)/t29-,34+/m1/s1. The number of nitrogens with one attached hydrogen (secondary N) is 1. The molecule has 1 N–H and O–H groups in total. The van der Waals surface area contributed by atoms with Crippen LogP contribution in [0.25, 0.3) is 0 Å². The normalized spacial score (nSPS) is 12.6. The van der Waals surface area contributed by atoms with Gasteiger partial charge >= 0.3 is 0 Å². The Labute approximate surface area is 261 Å². The van der Waals surface area contributed by atoms with E-state index in [9.17, 15) is 18.0 Å². The van der Waals surface area contributed by atoms with E-state index in [-0.39, 0.29) is 29.8 Å². The van der Waals surface area contributed by atoms with Crippen molar-refractivity contribution in [3.8, 4) is 0 Å². The maximum atomic E-state index is 14.5. The lowest BCUT2D eigenvalue weighted by Crippen LogP contribution is -2.54. The molecule has 44 heavy (non-hydrogen) atoms. The number of hydrogen-bond acceptors (Lipinski definition) is 4. The number of rotatable bonds is 13. The minimum absolute atomic E-state index is 0.0836. The Morgan fingerprint density at radius 2 is 1.39 bits per heavy atom. The predicted octanol–water partition coefficient (Wildman–Crippen LogP) is 6.05. The monoisotopic (exact) mass is 611 g/mol.